The molecular formula is C14H23BrO4. The van der Waals surface area contributed by atoms with Gasteiger partial charge in [0.05, 0.1) is 19.1 Å². The SMILES string of the molecule is CCOC(=O)C1(Br)CCC1.CCOC(=O)C1CCC1. The van der Waals surface area contributed by atoms with Crippen molar-refractivity contribution in [3.05, 3.63) is 0 Å². The van der Waals surface area contributed by atoms with E-state index in [-0.39, 0.29) is 22.2 Å². The van der Waals surface area contributed by atoms with Crippen LogP contribution in [-0.2, 0) is 19.1 Å². The van der Waals surface area contributed by atoms with Crippen molar-refractivity contribution in [1.29, 1.82) is 0 Å². The number of ether oxygens (including phenoxy) is 2. The first kappa shape index (κ1) is 16.5. The average Bonchev–Trinajstić information content (AvgIpc) is 2.25. The third-order valence-corrected chi connectivity index (χ3v) is 4.63. The lowest BCUT2D eigenvalue weighted by Crippen LogP contribution is -2.40. The minimum atomic E-state index is -0.316. The number of esters is 2. The van der Waals surface area contributed by atoms with Crippen molar-refractivity contribution in [3.63, 3.8) is 0 Å². The van der Waals surface area contributed by atoms with Crippen molar-refractivity contribution in [3.8, 4) is 0 Å². The standard InChI is InChI=1S/C7H11BrO2.C7H12O2/c1-2-10-6(9)7(8)4-3-5-7;1-2-9-7(8)6-4-3-5-6/h2-5H2,1H3;6H,2-5H2,1H3. The highest BCUT2D eigenvalue weighted by atomic mass is 79.9. The zero-order valence-electron chi connectivity index (χ0n) is 11.7. The third kappa shape index (κ3) is 4.79. The molecule has 0 spiro atoms. The van der Waals surface area contributed by atoms with Gasteiger partial charge in [-0.2, -0.15) is 0 Å². The topological polar surface area (TPSA) is 52.6 Å². The smallest absolute Gasteiger partial charge is 0.322 e. The highest BCUT2D eigenvalue weighted by Gasteiger charge is 2.42. The number of hydrogen-bond acceptors (Lipinski definition) is 4. The molecule has 0 radical (unpaired) electrons. The van der Waals surface area contributed by atoms with Gasteiger partial charge in [0, 0.05) is 0 Å². The van der Waals surface area contributed by atoms with E-state index < -0.39 is 0 Å². The quantitative estimate of drug-likeness (QED) is 0.585. The highest BCUT2D eigenvalue weighted by molar-refractivity contribution is 9.10. The monoisotopic (exact) mass is 334 g/mol. The minimum Gasteiger partial charge on any atom is -0.466 e. The molecule has 0 bridgehead atoms. The summed E-state index contributed by atoms with van der Waals surface area (Å²) in [5.74, 6) is 0.148. The molecule has 0 N–H and O–H groups in total. The van der Waals surface area contributed by atoms with Crippen LogP contribution in [0.25, 0.3) is 0 Å². The molecule has 0 amide bonds. The molecule has 0 aliphatic heterocycles. The van der Waals surface area contributed by atoms with E-state index in [0.717, 1.165) is 32.1 Å². The molecule has 4 nitrogen and oxygen atoms in total. The first-order valence-electron chi connectivity index (χ1n) is 7.06. The Morgan fingerprint density at radius 2 is 1.68 bits per heavy atom. The van der Waals surface area contributed by atoms with Crippen LogP contribution in [0.15, 0.2) is 0 Å². The maximum atomic E-state index is 11.1. The Kier molecular flexibility index (Phi) is 6.83. The molecule has 2 fully saturated rings. The van der Waals surface area contributed by atoms with Gasteiger partial charge >= 0.3 is 11.9 Å². The maximum Gasteiger partial charge on any atom is 0.322 e. The van der Waals surface area contributed by atoms with Gasteiger partial charge in [-0.25, -0.2) is 0 Å². The lowest BCUT2D eigenvalue weighted by atomic mass is 9.85. The number of carbonyl (C=O) groups is 2. The molecule has 0 aromatic heterocycles. The molecule has 0 aromatic rings. The molecule has 0 atom stereocenters. The Bertz CT molecular complexity index is 309. The van der Waals surface area contributed by atoms with Crippen LogP contribution in [0.4, 0.5) is 0 Å². The van der Waals surface area contributed by atoms with Crippen molar-refractivity contribution in [2.24, 2.45) is 5.92 Å². The summed E-state index contributed by atoms with van der Waals surface area (Å²) >= 11 is 3.36. The highest BCUT2D eigenvalue weighted by Crippen LogP contribution is 2.41. The zero-order chi connectivity index (χ0) is 14.3. The molecule has 0 unspecified atom stereocenters. The lowest BCUT2D eigenvalue weighted by Gasteiger charge is -2.33. The zero-order valence-corrected chi connectivity index (χ0v) is 13.3. The van der Waals surface area contributed by atoms with Crippen LogP contribution in [0.5, 0.6) is 0 Å². The Morgan fingerprint density at radius 1 is 1.11 bits per heavy atom. The predicted octanol–water partition coefficient (Wildman–Crippen LogP) is 3.22. The van der Waals surface area contributed by atoms with Crippen LogP contribution >= 0.6 is 15.9 Å². The van der Waals surface area contributed by atoms with Crippen molar-refractivity contribution in [2.45, 2.75) is 56.7 Å². The second kappa shape index (κ2) is 7.88. The Hall–Kier alpha value is -0.580. The largest absolute Gasteiger partial charge is 0.466 e. The summed E-state index contributed by atoms with van der Waals surface area (Å²) in [6.07, 6.45) is 6.25. The van der Waals surface area contributed by atoms with E-state index in [0.29, 0.717) is 13.2 Å². The molecule has 2 aliphatic carbocycles. The van der Waals surface area contributed by atoms with E-state index in [9.17, 15) is 9.59 Å². The average molecular weight is 335 g/mol. The van der Waals surface area contributed by atoms with Gasteiger partial charge in [-0.3, -0.25) is 9.59 Å². The van der Waals surface area contributed by atoms with Crippen LogP contribution in [-0.4, -0.2) is 29.5 Å². The van der Waals surface area contributed by atoms with Gasteiger partial charge in [0.1, 0.15) is 4.32 Å². The minimum absolute atomic E-state index is 0.00347. The van der Waals surface area contributed by atoms with Crippen LogP contribution in [0.2, 0.25) is 0 Å². The first-order valence-corrected chi connectivity index (χ1v) is 7.85. The summed E-state index contributed by atoms with van der Waals surface area (Å²) in [5.41, 5.74) is 0. The maximum absolute atomic E-state index is 11.1. The number of rotatable bonds is 4. The fourth-order valence-corrected chi connectivity index (χ4v) is 2.53. The summed E-state index contributed by atoms with van der Waals surface area (Å²) in [5, 5.41) is 0. The summed E-state index contributed by atoms with van der Waals surface area (Å²) < 4.78 is 9.35. The second-order valence-corrected chi connectivity index (χ2v) is 6.44. The number of alkyl halides is 1. The van der Waals surface area contributed by atoms with Gasteiger partial charge in [-0.15, -0.1) is 0 Å². The molecule has 0 aromatic carbocycles. The molecule has 5 heteroatoms. The number of carbonyl (C=O) groups excluding carboxylic acids is 2. The summed E-state index contributed by atoms with van der Waals surface area (Å²) in [4.78, 5) is 21.9. The summed E-state index contributed by atoms with van der Waals surface area (Å²) in [6, 6.07) is 0. The van der Waals surface area contributed by atoms with Crippen molar-refractivity contribution >= 4 is 27.9 Å². The van der Waals surface area contributed by atoms with E-state index in [1.807, 2.05) is 13.8 Å². The van der Waals surface area contributed by atoms with Crippen molar-refractivity contribution in [2.75, 3.05) is 13.2 Å². The van der Waals surface area contributed by atoms with Gasteiger partial charge < -0.3 is 9.47 Å². The van der Waals surface area contributed by atoms with E-state index in [1.165, 1.54) is 6.42 Å². The van der Waals surface area contributed by atoms with Gasteiger partial charge in [0.25, 0.3) is 0 Å². The van der Waals surface area contributed by atoms with Crippen LogP contribution in [0.3, 0.4) is 0 Å². The van der Waals surface area contributed by atoms with Crippen LogP contribution < -0.4 is 0 Å². The van der Waals surface area contributed by atoms with Crippen molar-refractivity contribution < 1.29 is 19.1 Å². The normalized spacial score (nSPS) is 20.2. The van der Waals surface area contributed by atoms with E-state index in [4.69, 9.17) is 9.47 Å². The third-order valence-electron chi connectivity index (χ3n) is 3.51. The summed E-state index contributed by atoms with van der Waals surface area (Å²) in [7, 11) is 0. The van der Waals surface area contributed by atoms with Crippen LogP contribution in [0.1, 0.15) is 52.4 Å². The van der Waals surface area contributed by atoms with E-state index in [2.05, 4.69) is 15.9 Å². The fraction of sp³-hybridized carbons (Fsp3) is 0.857. The van der Waals surface area contributed by atoms with Gasteiger partial charge in [-0.05, 0) is 46.0 Å². The lowest BCUT2D eigenvalue weighted by molar-refractivity contribution is -0.151. The molecule has 2 aliphatic rings. The predicted molar refractivity (Wildman–Crippen MR) is 76.1 cm³/mol. The Morgan fingerprint density at radius 3 is 2.00 bits per heavy atom. The molecule has 2 rings (SSSR count). The number of halogens is 1. The molecule has 0 heterocycles. The molecule has 110 valence electrons. The first-order chi connectivity index (χ1) is 9.03. The van der Waals surface area contributed by atoms with E-state index >= 15 is 0 Å². The van der Waals surface area contributed by atoms with Gasteiger partial charge in [-0.1, -0.05) is 22.4 Å². The molecule has 19 heavy (non-hydrogen) atoms. The Balaban J connectivity index is 0.000000191. The van der Waals surface area contributed by atoms with Gasteiger partial charge in [0.2, 0.25) is 0 Å². The van der Waals surface area contributed by atoms with E-state index in [1.54, 1.807) is 0 Å². The fourth-order valence-electron chi connectivity index (χ4n) is 1.86. The Labute approximate surface area is 123 Å². The van der Waals surface area contributed by atoms with Crippen LogP contribution in [0, 0.1) is 5.92 Å². The molecular weight excluding hydrogens is 312 g/mol. The van der Waals surface area contributed by atoms with Crippen molar-refractivity contribution in [1.82, 2.24) is 0 Å². The second-order valence-electron chi connectivity index (χ2n) is 4.92. The number of hydrogen-bond donors (Lipinski definition) is 0. The summed E-state index contributed by atoms with van der Waals surface area (Å²) in [6.45, 7) is 4.67. The molecule has 2 saturated carbocycles. The van der Waals surface area contributed by atoms with Gasteiger partial charge in [0.15, 0.2) is 0 Å². The molecule has 0 saturated heterocycles.